The topological polar surface area (TPSA) is 88.8 Å². The molecule has 1 saturated heterocycles. The van der Waals surface area contributed by atoms with Crippen molar-refractivity contribution in [3.63, 3.8) is 0 Å². The molecule has 3 rings (SSSR count). The van der Waals surface area contributed by atoms with Gasteiger partial charge in [0.15, 0.2) is 0 Å². The minimum atomic E-state index is -0.850. The number of nitrogens with zero attached hydrogens (tertiary/aromatic N) is 3. The standard InChI is InChI=1S/C11H12N4O3/c16-11(17)8-5-7(6-13-8)18-10-9-1-2-14-15(9)4-3-12-10/h1-4,7-8,13H,5-6H2,(H,16,17). The summed E-state index contributed by atoms with van der Waals surface area (Å²) in [5.41, 5.74) is 0.774. The molecule has 2 unspecified atom stereocenters. The van der Waals surface area contributed by atoms with E-state index in [1.54, 1.807) is 29.2 Å². The minimum absolute atomic E-state index is 0.181. The van der Waals surface area contributed by atoms with Crippen molar-refractivity contribution in [2.24, 2.45) is 0 Å². The lowest BCUT2D eigenvalue weighted by Crippen LogP contribution is -2.30. The van der Waals surface area contributed by atoms with E-state index in [4.69, 9.17) is 9.84 Å². The smallest absolute Gasteiger partial charge is 0.320 e. The van der Waals surface area contributed by atoms with Gasteiger partial charge < -0.3 is 15.2 Å². The maximum absolute atomic E-state index is 10.8. The lowest BCUT2D eigenvalue weighted by Gasteiger charge is -2.12. The van der Waals surface area contributed by atoms with E-state index in [1.165, 1.54) is 0 Å². The fourth-order valence-electron chi connectivity index (χ4n) is 2.06. The molecule has 0 saturated carbocycles. The first kappa shape index (κ1) is 11.0. The fourth-order valence-corrected chi connectivity index (χ4v) is 2.06. The second-order valence-electron chi connectivity index (χ2n) is 4.17. The molecule has 0 bridgehead atoms. The summed E-state index contributed by atoms with van der Waals surface area (Å²) in [5, 5.41) is 15.9. The van der Waals surface area contributed by atoms with E-state index >= 15 is 0 Å². The Balaban J connectivity index is 1.77. The van der Waals surface area contributed by atoms with Gasteiger partial charge >= 0.3 is 5.97 Å². The van der Waals surface area contributed by atoms with Crippen molar-refractivity contribution >= 4 is 11.5 Å². The zero-order valence-electron chi connectivity index (χ0n) is 9.48. The van der Waals surface area contributed by atoms with Gasteiger partial charge in [-0.25, -0.2) is 9.50 Å². The molecule has 0 radical (unpaired) electrons. The van der Waals surface area contributed by atoms with Gasteiger partial charge in [0.25, 0.3) is 0 Å². The third kappa shape index (κ3) is 1.88. The predicted octanol–water partition coefficient (Wildman–Crippen LogP) is -0.0768. The number of carboxylic acid groups (broad SMARTS) is 1. The van der Waals surface area contributed by atoms with E-state index in [9.17, 15) is 4.79 Å². The molecule has 7 nitrogen and oxygen atoms in total. The van der Waals surface area contributed by atoms with Crippen LogP contribution in [0.5, 0.6) is 5.88 Å². The van der Waals surface area contributed by atoms with Gasteiger partial charge in [-0.2, -0.15) is 5.10 Å². The fraction of sp³-hybridized carbons (Fsp3) is 0.364. The van der Waals surface area contributed by atoms with Crippen LogP contribution in [0.2, 0.25) is 0 Å². The quantitative estimate of drug-likeness (QED) is 0.790. The minimum Gasteiger partial charge on any atom is -0.480 e. The molecule has 0 amide bonds. The Morgan fingerprint density at radius 2 is 2.44 bits per heavy atom. The summed E-state index contributed by atoms with van der Waals surface area (Å²) in [5.74, 6) is -0.371. The molecule has 0 spiro atoms. The summed E-state index contributed by atoms with van der Waals surface area (Å²) in [4.78, 5) is 15.0. The summed E-state index contributed by atoms with van der Waals surface area (Å²) >= 11 is 0. The Morgan fingerprint density at radius 1 is 1.56 bits per heavy atom. The summed E-state index contributed by atoms with van der Waals surface area (Å²) in [6.45, 7) is 0.508. The molecule has 0 aromatic carbocycles. The number of nitrogens with one attached hydrogen (secondary N) is 1. The first-order chi connectivity index (χ1) is 8.74. The number of fused-ring (bicyclic) bond motifs is 1. The van der Waals surface area contributed by atoms with E-state index in [0.717, 1.165) is 5.52 Å². The highest BCUT2D eigenvalue weighted by atomic mass is 16.5. The van der Waals surface area contributed by atoms with Gasteiger partial charge in [0.2, 0.25) is 5.88 Å². The molecule has 2 aromatic rings. The van der Waals surface area contributed by atoms with Crippen molar-refractivity contribution < 1.29 is 14.6 Å². The third-order valence-corrected chi connectivity index (χ3v) is 2.96. The molecular formula is C11H12N4O3. The van der Waals surface area contributed by atoms with Crippen LogP contribution in [-0.4, -0.2) is 44.4 Å². The molecule has 3 heterocycles. The first-order valence-electron chi connectivity index (χ1n) is 5.65. The van der Waals surface area contributed by atoms with Gasteiger partial charge in [-0.1, -0.05) is 0 Å². The lowest BCUT2D eigenvalue weighted by atomic mass is 10.2. The van der Waals surface area contributed by atoms with E-state index in [0.29, 0.717) is 18.8 Å². The van der Waals surface area contributed by atoms with Crippen molar-refractivity contribution in [3.05, 3.63) is 24.7 Å². The van der Waals surface area contributed by atoms with Gasteiger partial charge in [-0.3, -0.25) is 4.79 Å². The molecule has 18 heavy (non-hydrogen) atoms. The number of carboxylic acids is 1. The average Bonchev–Trinajstić information content (AvgIpc) is 2.97. The second kappa shape index (κ2) is 4.26. The SMILES string of the molecule is O=C(O)C1CC(Oc2nccn3nccc23)CN1. The van der Waals surface area contributed by atoms with Gasteiger partial charge in [-0.15, -0.1) is 0 Å². The maximum atomic E-state index is 10.8. The van der Waals surface area contributed by atoms with Crippen molar-refractivity contribution in [1.29, 1.82) is 0 Å². The highest BCUT2D eigenvalue weighted by Gasteiger charge is 2.31. The van der Waals surface area contributed by atoms with Gasteiger partial charge in [0, 0.05) is 25.4 Å². The number of hydrogen-bond donors (Lipinski definition) is 2. The molecule has 1 aliphatic rings. The molecule has 1 aliphatic heterocycles. The van der Waals surface area contributed by atoms with E-state index in [1.807, 2.05) is 0 Å². The van der Waals surface area contributed by atoms with Gasteiger partial charge in [-0.05, 0) is 6.07 Å². The maximum Gasteiger partial charge on any atom is 0.320 e. The summed E-state index contributed by atoms with van der Waals surface area (Å²) < 4.78 is 7.40. The van der Waals surface area contributed by atoms with Crippen LogP contribution < -0.4 is 10.1 Å². The third-order valence-electron chi connectivity index (χ3n) is 2.96. The number of aromatic nitrogens is 3. The van der Waals surface area contributed by atoms with Crippen molar-refractivity contribution in [3.8, 4) is 5.88 Å². The molecule has 2 aromatic heterocycles. The Hall–Kier alpha value is -2.15. The van der Waals surface area contributed by atoms with Crippen LogP contribution in [0.1, 0.15) is 6.42 Å². The zero-order chi connectivity index (χ0) is 12.5. The first-order valence-corrected chi connectivity index (χ1v) is 5.65. The van der Waals surface area contributed by atoms with E-state index in [2.05, 4.69) is 15.4 Å². The monoisotopic (exact) mass is 248 g/mol. The highest BCUT2D eigenvalue weighted by molar-refractivity contribution is 5.74. The number of carbonyl (C=O) groups is 1. The van der Waals surface area contributed by atoms with Crippen LogP contribution in [0.15, 0.2) is 24.7 Å². The molecule has 2 N–H and O–H groups in total. The Labute approximate surface area is 102 Å². The largest absolute Gasteiger partial charge is 0.480 e. The Bertz CT molecular complexity index is 582. The van der Waals surface area contributed by atoms with Crippen molar-refractivity contribution in [2.75, 3.05) is 6.54 Å². The summed E-state index contributed by atoms with van der Waals surface area (Å²) in [6, 6.07) is 1.26. The molecule has 0 aliphatic carbocycles. The number of ether oxygens (including phenoxy) is 1. The second-order valence-corrected chi connectivity index (χ2v) is 4.17. The van der Waals surface area contributed by atoms with Crippen LogP contribution in [0.3, 0.4) is 0 Å². The normalized spacial score (nSPS) is 23.3. The molecule has 7 heteroatoms. The van der Waals surface area contributed by atoms with Crippen LogP contribution in [0.25, 0.3) is 5.52 Å². The summed E-state index contributed by atoms with van der Waals surface area (Å²) in [6.07, 6.45) is 5.25. The lowest BCUT2D eigenvalue weighted by molar-refractivity contribution is -0.139. The summed E-state index contributed by atoms with van der Waals surface area (Å²) in [7, 11) is 0. The van der Waals surface area contributed by atoms with E-state index < -0.39 is 12.0 Å². The zero-order valence-corrected chi connectivity index (χ0v) is 9.48. The van der Waals surface area contributed by atoms with Gasteiger partial charge in [0.1, 0.15) is 17.7 Å². The predicted molar refractivity (Wildman–Crippen MR) is 61.4 cm³/mol. The number of hydrogen-bond acceptors (Lipinski definition) is 5. The molecule has 94 valence electrons. The van der Waals surface area contributed by atoms with Gasteiger partial charge in [0.05, 0.1) is 6.20 Å². The molecular weight excluding hydrogens is 236 g/mol. The average molecular weight is 248 g/mol. The molecule has 2 atom stereocenters. The van der Waals surface area contributed by atoms with E-state index in [-0.39, 0.29) is 6.10 Å². The van der Waals surface area contributed by atoms with Crippen molar-refractivity contribution in [2.45, 2.75) is 18.6 Å². The van der Waals surface area contributed by atoms with Crippen LogP contribution in [0, 0.1) is 0 Å². The van der Waals surface area contributed by atoms with Crippen LogP contribution in [-0.2, 0) is 4.79 Å². The Morgan fingerprint density at radius 3 is 3.22 bits per heavy atom. The highest BCUT2D eigenvalue weighted by Crippen LogP contribution is 2.19. The van der Waals surface area contributed by atoms with Crippen LogP contribution >= 0.6 is 0 Å². The van der Waals surface area contributed by atoms with Crippen molar-refractivity contribution in [1.82, 2.24) is 19.9 Å². The number of aliphatic carboxylic acids is 1. The number of rotatable bonds is 3. The molecule has 1 fully saturated rings. The van der Waals surface area contributed by atoms with Crippen LogP contribution in [0.4, 0.5) is 0 Å². The Kier molecular flexibility index (Phi) is 2.60.